The minimum absolute atomic E-state index is 0. The number of ether oxygens (including phenoxy) is 7. The van der Waals surface area contributed by atoms with Gasteiger partial charge in [-0.05, 0) is 128 Å². The van der Waals surface area contributed by atoms with Crippen LogP contribution in [0.15, 0.2) is 36.4 Å². The Labute approximate surface area is 478 Å². The smallest absolute Gasteiger partial charge is 0.306 e. The molecule has 13 nitrogen and oxygen atoms in total. The average molecular weight is 1290 g/mol. The first kappa shape index (κ1) is 75.0. The van der Waals surface area contributed by atoms with Crippen LogP contribution in [0.25, 0.3) is 0 Å². The summed E-state index contributed by atoms with van der Waals surface area (Å²) in [6.45, 7) is 9.68. The summed E-state index contributed by atoms with van der Waals surface area (Å²) >= 11 is 0. The van der Waals surface area contributed by atoms with Crippen LogP contribution in [-0.2, 0) is 36.6 Å². The predicted molar refractivity (Wildman–Crippen MR) is 357 cm³/mol. The van der Waals surface area contributed by atoms with Crippen LogP contribution < -0.4 is 18.9 Å². The van der Waals surface area contributed by atoms with Gasteiger partial charge in [0.15, 0.2) is 23.0 Å². The van der Waals surface area contributed by atoms with Gasteiger partial charge >= 0.3 is 11.9 Å². The standard InChI is InChI=1S/C24H37NO5.C20H31NO4.C4H8O2.CH4.H9P7.H8P6/c1-4-7-24(26)30-19-12-14-25(17-19)20-8-5-6-9-21(20)29-15-13-18-10-11-22(27-2)23(16-18)28-3;1-23-19-8-7-15(13-20(19)24-2)10-12-25-18-6-4-3-5-17(18)21-11-9-16(22)14-21;1-2-3-4(5)6;;1-5-7(4)6(2)3;1-5(2)6(3)4/h10-11,16,19-21H,4-9,12-15,17H2,1-3H3;7-8,13,16-18,22H,3-6,9-12,14H2,1-2H3;2-3H2,1H3,(H,5,6);1H4;5H,1-4H2;1-4H2/t19-,20-,21-;16-,17-,18-;;;;/m11..../s1. The Hall–Kier alpha value is 1.97. The number of benzene rings is 2. The molecule has 2 N–H and O–H groups in total. The maximum atomic E-state index is 11.8. The third-order valence-electron chi connectivity index (χ3n) is 12.8. The fourth-order valence-electron chi connectivity index (χ4n) is 9.06. The zero-order valence-electron chi connectivity index (χ0n) is 44.9. The number of likely N-dealkylation sites (tertiary alicyclic amines) is 2. The van der Waals surface area contributed by atoms with Gasteiger partial charge in [0.1, 0.15) is 6.10 Å². The number of hydrogen-bond donors (Lipinski definition) is 2. The number of aliphatic carboxylic acids is 1. The molecule has 4 fully saturated rings. The van der Waals surface area contributed by atoms with Gasteiger partial charge in [0, 0.05) is 51.1 Å². The average Bonchev–Trinajstić information content (AvgIpc) is 4.05. The fourth-order valence-corrected chi connectivity index (χ4v) is 25.2. The van der Waals surface area contributed by atoms with Crippen molar-refractivity contribution >= 4 is 119 Å². The van der Waals surface area contributed by atoms with E-state index in [4.69, 9.17) is 38.3 Å². The van der Waals surface area contributed by atoms with E-state index in [1.807, 2.05) is 38.1 Å². The van der Waals surface area contributed by atoms with Crippen LogP contribution >= 0.6 is 107 Å². The molecule has 2 aromatic rings. The Kier molecular flexibility index (Phi) is 44.5. The van der Waals surface area contributed by atoms with Crippen LogP contribution in [0.1, 0.15) is 122 Å². The highest BCUT2D eigenvalue weighted by atomic mass is 33.0. The maximum absolute atomic E-state index is 11.8. The van der Waals surface area contributed by atoms with Gasteiger partial charge in [0.2, 0.25) is 0 Å². The number of methoxy groups -OCH3 is 4. The Morgan fingerprint density at radius 2 is 1.07 bits per heavy atom. The summed E-state index contributed by atoms with van der Waals surface area (Å²) < 4.78 is 39.7. The van der Waals surface area contributed by atoms with Gasteiger partial charge in [-0.25, -0.2) is 0 Å². The van der Waals surface area contributed by atoms with Gasteiger partial charge in [-0.3, -0.25) is 19.4 Å². The number of carboxylic acid groups (broad SMARTS) is 1. The third kappa shape index (κ3) is 30.9. The number of β-amino-alcohol motifs (C(OH)–C–C–N with tert-alkyl or cyclic N) is 1. The lowest BCUT2D eigenvalue weighted by molar-refractivity contribution is -0.148. The molecule has 2 heterocycles. The zero-order valence-corrected chi connectivity index (χ0v) is 58.7. The predicted octanol–water partition coefficient (Wildman–Crippen LogP) is 14.8. The number of esters is 1. The van der Waals surface area contributed by atoms with Crippen molar-refractivity contribution in [1.29, 1.82) is 0 Å². The molecule has 4 aliphatic rings. The Morgan fingerprint density at radius 3 is 1.41 bits per heavy atom. The zero-order chi connectivity index (χ0) is 55.0. The summed E-state index contributed by atoms with van der Waals surface area (Å²) in [6.07, 6.45) is 15.9. The number of aliphatic hydroxyl groups excluding tert-OH is 1. The van der Waals surface area contributed by atoms with Gasteiger partial charge < -0.3 is 43.4 Å². The molecule has 434 valence electrons. The van der Waals surface area contributed by atoms with Crippen molar-refractivity contribution in [2.45, 2.75) is 161 Å². The quantitative estimate of drug-likeness (QED) is 0.0853. The van der Waals surface area contributed by atoms with E-state index in [0.29, 0.717) is 44.2 Å². The number of carbonyl (C=O) groups is 2. The molecule has 26 heteroatoms. The van der Waals surface area contributed by atoms with Crippen LogP contribution in [0, 0.1) is 0 Å². The first-order valence-electron chi connectivity index (χ1n) is 25.6. The molecule has 2 saturated carbocycles. The Bertz CT molecular complexity index is 1830. The maximum Gasteiger partial charge on any atom is 0.306 e. The number of carboxylic acids is 1. The number of hydrogen-bond acceptors (Lipinski definition) is 12. The minimum atomic E-state index is -0.711. The van der Waals surface area contributed by atoms with Crippen molar-refractivity contribution in [3.05, 3.63) is 47.5 Å². The second-order valence-corrected chi connectivity index (χ2v) is 60.2. The Morgan fingerprint density at radius 1 is 0.627 bits per heavy atom. The van der Waals surface area contributed by atoms with Crippen LogP contribution in [0.5, 0.6) is 23.0 Å². The van der Waals surface area contributed by atoms with E-state index >= 15 is 0 Å². The second kappa shape index (κ2) is 44.5. The lowest BCUT2D eigenvalue weighted by Gasteiger charge is -2.37. The number of rotatable bonds is 22. The van der Waals surface area contributed by atoms with E-state index in [9.17, 15) is 14.7 Å². The summed E-state index contributed by atoms with van der Waals surface area (Å²) in [5, 5.41) is 17.7. The van der Waals surface area contributed by atoms with E-state index in [1.165, 1.54) is 43.2 Å². The molecule has 10 unspecified atom stereocenters. The molecule has 0 radical (unpaired) electrons. The molecular formula is C49H97N2O11P13. The summed E-state index contributed by atoms with van der Waals surface area (Å²) in [6, 6.07) is 13.0. The SMILES string of the molecule is C.CCCC(=O)O.CCCC(=O)O[C@@H]1CCN([C@@H]2CCCC[C@H]2OCCc2ccc(OC)c(OC)c2)C1.COc1ccc(CCO[C@@H]2CCCC[C@H]2N2CC[C@@H](O)C2)cc1OC.PP(P)P(P)P.PPP(P)P(P)P. The molecule has 75 heavy (non-hydrogen) atoms. The van der Waals surface area contributed by atoms with Crippen LogP contribution in [0.3, 0.4) is 0 Å². The van der Waals surface area contributed by atoms with Gasteiger partial charge in [0.25, 0.3) is 0 Å². The molecule has 2 aliphatic heterocycles. The van der Waals surface area contributed by atoms with Crippen molar-refractivity contribution in [2.24, 2.45) is 0 Å². The van der Waals surface area contributed by atoms with Gasteiger partial charge in [-0.1, -0.05) is 67.0 Å². The minimum Gasteiger partial charge on any atom is -0.493 e. The van der Waals surface area contributed by atoms with Gasteiger partial charge in [-0.2, -0.15) is 0 Å². The van der Waals surface area contributed by atoms with Crippen LogP contribution in [0.2, 0.25) is 0 Å². The van der Waals surface area contributed by atoms with Crippen molar-refractivity contribution in [1.82, 2.24) is 9.80 Å². The fraction of sp³-hybridized carbons (Fsp3) is 0.714. The van der Waals surface area contributed by atoms with E-state index in [0.717, 1.165) is 115 Å². The lowest BCUT2D eigenvalue weighted by Crippen LogP contribution is -2.46. The van der Waals surface area contributed by atoms with E-state index in [-0.39, 0.29) is 59.7 Å². The number of nitrogens with zero attached hydrogens (tertiary/aromatic N) is 2. The molecule has 2 aliphatic carbocycles. The van der Waals surface area contributed by atoms with E-state index in [2.05, 4.69) is 93.4 Å². The number of carbonyl (C=O) groups excluding carboxylic acids is 1. The highest BCUT2D eigenvalue weighted by molar-refractivity contribution is 8.98. The first-order valence-corrected chi connectivity index (χ1v) is 47.3. The van der Waals surface area contributed by atoms with Gasteiger partial charge in [-0.15, -0.1) is 71.4 Å². The van der Waals surface area contributed by atoms with E-state index < -0.39 is 5.97 Å². The molecule has 2 aromatic carbocycles. The summed E-state index contributed by atoms with van der Waals surface area (Å²) in [5.41, 5.74) is 2.38. The second-order valence-electron chi connectivity index (χ2n) is 18.2. The largest absolute Gasteiger partial charge is 0.493 e. The normalized spacial score (nSPS) is 22.1. The van der Waals surface area contributed by atoms with Crippen molar-refractivity contribution in [3.63, 3.8) is 0 Å². The third-order valence-corrected chi connectivity index (χ3v) is 64.7. The molecule has 0 amide bonds. The number of aliphatic hydroxyl groups is 1. The van der Waals surface area contributed by atoms with Crippen LogP contribution in [-0.4, -0.2) is 136 Å². The molecule has 0 bridgehead atoms. The first-order chi connectivity index (χ1) is 35.4. The monoisotopic (exact) mass is 1290 g/mol. The topological polar surface area (TPSA) is 146 Å². The van der Waals surface area contributed by atoms with Crippen molar-refractivity contribution in [3.8, 4) is 23.0 Å². The highest BCUT2D eigenvalue weighted by Gasteiger charge is 2.37. The van der Waals surface area contributed by atoms with Crippen molar-refractivity contribution in [2.75, 3.05) is 67.8 Å². The Balaban J connectivity index is 0.000000557. The van der Waals surface area contributed by atoms with Crippen molar-refractivity contribution < 1.29 is 53.0 Å². The molecule has 2 saturated heterocycles. The molecule has 0 spiro atoms. The summed E-state index contributed by atoms with van der Waals surface area (Å²) in [7, 11) is 30.2. The molecular weight excluding hydrogens is 1200 g/mol. The molecule has 0 aromatic heterocycles. The molecule has 6 rings (SSSR count). The molecule has 16 atom stereocenters. The summed E-state index contributed by atoms with van der Waals surface area (Å²) in [5.74, 6) is 2.26. The highest BCUT2D eigenvalue weighted by Crippen LogP contribution is 2.92. The van der Waals surface area contributed by atoms with Gasteiger partial charge in [0.05, 0.1) is 60.0 Å². The summed E-state index contributed by atoms with van der Waals surface area (Å²) in [4.78, 5) is 26.4. The van der Waals surface area contributed by atoms with E-state index in [1.54, 1.807) is 28.4 Å². The lowest BCUT2D eigenvalue weighted by atomic mass is 9.91. The van der Waals surface area contributed by atoms with Crippen LogP contribution in [0.4, 0.5) is 0 Å².